The van der Waals surface area contributed by atoms with E-state index in [4.69, 9.17) is 0 Å². The first-order valence-electron chi connectivity index (χ1n) is 9.09. The molecule has 0 heterocycles. The van der Waals surface area contributed by atoms with Crippen molar-refractivity contribution in [2.75, 3.05) is 0 Å². The van der Waals surface area contributed by atoms with Crippen LogP contribution in [-0.2, 0) is 4.79 Å². The fraction of sp³-hybridized carbons (Fsp3) is 0.944. The second kappa shape index (κ2) is 5.26. The minimum Gasteiger partial charge on any atom is -0.391 e. The number of aliphatic hydroxyl groups excluding tert-OH is 1. The van der Waals surface area contributed by atoms with E-state index in [1.807, 2.05) is 0 Å². The highest BCUT2D eigenvalue weighted by atomic mass is 16.3. The van der Waals surface area contributed by atoms with Crippen LogP contribution in [0.3, 0.4) is 0 Å². The molecule has 0 aromatic carbocycles. The number of hydrogen-bond acceptors (Lipinski definition) is 2. The SMILES string of the molecule is O=C(CC12CC3CC(CC(C3)C1)C2)NC1CCCCC1O. The molecule has 2 N–H and O–H groups in total. The van der Waals surface area contributed by atoms with Gasteiger partial charge in [0.05, 0.1) is 12.1 Å². The topological polar surface area (TPSA) is 49.3 Å². The fourth-order valence-corrected chi connectivity index (χ4v) is 6.38. The van der Waals surface area contributed by atoms with Gasteiger partial charge in [0.2, 0.25) is 5.91 Å². The zero-order chi connectivity index (χ0) is 14.4. The van der Waals surface area contributed by atoms with E-state index >= 15 is 0 Å². The summed E-state index contributed by atoms with van der Waals surface area (Å²) in [5, 5.41) is 13.2. The standard InChI is InChI=1S/C18H29NO2/c20-16-4-2-1-3-15(16)19-17(21)11-18-8-12-5-13(9-18)7-14(6-12)10-18/h12-16,20H,1-11H2,(H,19,21). The molecule has 0 aromatic heterocycles. The lowest BCUT2D eigenvalue weighted by Crippen LogP contribution is -2.50. The lowest BCUT2D eigenvalue weighted by atomic mass is 9.49. The third-order valence-electron chi connectivity index (χ3n) is 6.78. The van der Waals surface area contributed by atoms with Crippen molar-refractivity contribution in [3.63, 3.8) is 0 Å². The Balaban J connectivity index is 1.38. The zero-order valence-electron chi connectivity index (χ0n) is 13.0. The van der Waals surface area contributed by atoms with Gasteiger partial charge in [-0.3, -0.25) is 4.79 Å². The van der Waals surface area contributed by atoms with E-state index in [0.717, 1.165) is 49.9 Å². The van der Waals surface area contributed by atoms with Gasteiger partial charge < -0.3 is 10.4 Å². The number of carbonyl (C=O) groups is 1. The van der Waals surface area contributed by atoms with E-state index in [-0.39, 0.29) is 18.1 Å². The summed E-state index contributed by atoms with van der Waals surface area (Å²) < 4.78 is 0. The highest BCUT2D eigenvalue weighted by Gasteiger charge is 2.51. The first-order chi connectivity index (χ1) is 10.1. The maximum atomic E-state index is 12.5. The molecule has 21 heavy (non-hydrogen) atoms. The number of aliphatic hydroxyl groups is 1. The number of amides is 1. The summed E-state index contributed by atoms with van der Waals surface area (Å²) in [4.78, 5) is 12.5. The number of hydrogen-bond donors (Lipinski definition) is 2. The molecule has 5 aliphatic rings. The number of carbonyl (C=O) groups excluding carboxylic acids is 1. The van der Waals surface area contributed by atoms with E-state index in [9.17, 15) is 9.90 Å². The van der Waals surface area contributed by atoms with Crippen LogP contribution in [0.1, 0.15) is 70.6 Å². The largest absolute Gasteiger partial charge is 0.391 e. The molecule has 0 spiro atoms. The van der Waals surface area contributed by atoms with E-state index in [0.29, 0.717) is 5.41 Å². The van der Waals surface area contributed by atoms with Crippen LogP contribution in [0, 0.1) is 23.2 Å². The molecule has 1 amide bonds. The Hall–Kier alpha value is -0.570. The van der Waals surface area contributed by atoms with Crippen molar-refractivity contribution in [1.29, 1.82) is 0 Å². The predicted octanol–water partition coefficient (Wildman–Crippen LogP) is 3.01. The van der Waals surface area contributed by atoms with Crippen molar-refractivity contribution in [1.82, 2.24) is 5.32 Å². The molecule has 2 atom stereocenters. The molecule has 5 fully saturated rings. The average molecular weight is 291 g/mol. The van der Waals surface area contributed by atoms with Crippen molar-refractivity contribution in [2.24, 2.45) is 23.2 Å². The van der Waals surface area contributed by atoms with Crippen LogP contribution in [-0.4, -0.2) is 23.2 Å². The van der Waals surface area contributed by atoms with Crippen molar-refractivity contribution < 1.29 is 9.90 Å². The minimum absolute atomic E-state index is 0.0140. The first-order valence-corrected chi connectivity index (χ1v) is 9.09. The molecule has 0 aromatic rings. The first kappa shape index (κ1) is 14.0. The van der Waals surface area contributed by atoms with Gasteiger partial charge in [-0.1, -0.05) is 12.8 Å². The molecule has 0 saturated heterocycles. The molecule has 3 nitrogen and oxygen atoms in total. The molecular formula is C18H29NO2. The maximum absolute atomic E-state index is 12.5. The number of nitrogens with one attached hydrogen (secondary N) is 1. The second-order valence-corrected chi connectivity index (χ2v) is 8.62. The summed E-state index contributed by atoms with van der Waals surface area (Å²) >= 11 is 0. The van der Waals surface area contributed by atoms with E-state index in [1.165, 1.54) is 38.5 Å². The van der Waals surface area contributed by atoms with E-state index in [2.05, 4.69) is 5.32 Å². The lowest BCUT2D eigenvalue weighted by Gasteiger charge is -2.56. The van der Waals surface area contributed by atoms with Crippen LogP contribution in [0.4, 0.5) is 0 Å². The molecule has 4 bridgehead atoms. The Morgan fingerprint density at radius 2 is 1.57 bits per heavy atom. The quantitative estimate of drug-likeness (QED) is 0.840. The predicted molar refractivity (Wildman–Crippen MR) is 81.6 cm³/mol. The molecule has 5 aliphatic carbocycles. The van der Waals surface area contributed by atoms with Gasteiger partial charge in [-0.15, -0.1) is 0 Å². The Morgan fingerprint density at radius 1 is 1.00 bits per heavy atom. The van der Waals surface area contributed by atoms with Gasteiger partial charge in [-0.05, 0) is 74.5 Å². The third kappa shape index (κ3) is 2.74. The van der Waals surface area contributed by atoms with Crippen molar-refractivity contribution >= 4 is 5.91 Å². The number of rotatable bonds is 3. The highest BCUT2D eigenvalue weighted by molar-refractivity contribution is 5.77. The molecule has 5 saturated carbocycles. The molecule has 0 aliphatic heterocycles. The second-order valence-electron chi connectivity index (χ2n) is 8.62. The van der Waals surface area contributed by atoms with E-state index in [1.54, 1.807) is 0 Å². The summed E-state index contributed by atoms with van der Waals surface area (Å²) in [7, 11) is 0. The summed E-state index contributed by atoms with van der Waals surface area (Å²) in [6.45, 7) is 0. The van der Waals surface area contributed by atoms with Gasteiger partial charge in [0.25, 0.3) is 0 Å². The molecular weight excluding hydrogens is 262 g/mol. The van der Waals surface area contributed by atoms with Gasteiger partial charge in [0.1, 0.15) is 0 Å². The van der Waals surface area contributed by atoms with Crippen LogP contribution >= 0.6 is 0 Å². The minimum atomic E-state index is -0.320. The molecule has 118 valence electrons. The zero-order valence-corrected chi connectivity index (χ0v) is 13.0. The average Bonchev–Trinajstić information content (AvgIpc) is 2.39. The van der Waals surface area contributed by atoms with Gasteiger partial charge >= 0.3 is 0 Å². The van der Waals surface area contributed by atoms with E-state index < -0.39 is 0 Å². The highest BCUT2D eigenvalue weighted by Crippen LogP contribution is 2.61. The Morgan fingerprint density at radius 3 is 2.14 bits per heavy atom. The van der Waals surface area contributed by atoms with Crippen LogP contribution in [0.25, 0.3) is 0 Å². The monoisotopic (exact) mass is 291 g/mol. The maximum Gasteiger partial charge on any atom is 0.220 e. The summed E-state index contributed by atoms with van der Waals surface area (Å²) in [5.74, 6) is 2.93. The van der Waals surface area contributed by atoms with Crippen LogP contribution < -0.4 is 5.32 Å². The fourth-order valence-electron chi connectivity index (χ4n) is 6.38. The normalized spacial score (nSPS) is 48.3. The van der Waals surface area contributed by atoms with Gasteiger partial charge in [-0.25, -0.2) is 0 Å². The smallest absolute Gasteiger partial charge is 0.220 e. The van der Waals surface area contributed by atoms with Crippen LogP contribution in [0.2, 0.25) is 0 Å². The van der Waals surface area contributed by atoms with Crippen LogP contribution in [0.15, 0.2) is 0 Å². The van der Waals surface area contributed by atoms with Crippen molar-refractivity contribution in [3.8, 4) is 0 Å². The summed E-state index contributed by atoms with van der Waals surface area (Å²) in [5.41, 5.74) is 0.318. The molecule has 3 heteroatoms. The Bertz CT molecular complexity index is 384. The summed E-state index contributed by atoms with van der Waals surface area (Å²) in [6.07, 6.45) is 12.6. The molecule has 2 unspecified atom stereocenters. The van der Waals surface area contributed by atoms with Gasteiger partial charge in [0.15, 0.2) is 0 Å². The lowest BCUT2D eigenvalue weighted by molar-refractivity contribution is -0.131. The molecule has 5 rings (SSSR count). The third-order valence-corrected chi connectivity index (χ3v) is 6.78. The Kier molecular flexibility index (Phi) is 3.52. The molecule has 0 radical (unpaired) electrons. The van der Waals surface area contributed by atoms with Gasteiger partial charge in [-0.2, -0.15) is 0 Å². The summed E-state index contributed by atoms with van der Waals surface area (Å²) in [6, 6.07) is 0.0140. The van der Waals surface area contributed by atoms with Gasteiger partial charge in [0, 0.05) is 6.42 Å². The van der Waals surface area contributed by atoms with Crippen LogP contribution in [0.5, 0.6) is 0 Å². The Labute approximate surface area is 127 Å². The van der Waals surface area contributed by atoms with Crippen molar-refractivity contribution in [2.45, 2.75) is 82.8 Å². The van der Waals surface area contributed by atoms with Crippen molar-refractivity contribution in [3.05, 3.63) is 0 Å².